The van der Waals surface area contributed by atoms with Gasteiger partial charge >= 0.3 is 6.61 Å². The van der Waals surface area contributed by atoms with Gasteiger partial charge in [0.1, 0.15) is 0 Å². The monoisotopic (exact) mass is 350 g/mol. The SMILES string of the molecule is COc1cc(C(=O)Nc2nc3ccccc3s2)ccc1OC(F)F. The number of fused-ring (bicyclic) bond motifs is 1. The van der Waals surface area contributed by atoms with Gasteiger partial charge in [0.2, 0.25) is 0 Å². The number of carbonyl (C=O) groups is 1. The van der Waals surface area contributed by atoms with Crippen LogP contribution in [0.15, 0.2) is 42.5 Å². The van der Waals surface area contributed by atoms with Crippen molar-refractivity contribution in [1.82, 2.24) is 4.98 Å². The molecule has 24 heavy (non-hydrogen) atoms. The second-order valence-electron chi connectivity index (χ2n) is 4.69. The Labute approximate surface area is 139 Å². The van der Waals surface area contributed by atoms with E-state index in [-0.39, 0.29) is 17.1 Å². The van der Waals surface area contributed by atoms with E-state index < -0.39 is 12.5 Å². The lowest BCUT2D eigenvalue weighted by atomic mass is 10.2. The molecule has 0 unspecified atom stereocenters. The predicted octanol–water partition coefficient (Wildman–Crippen LogP) is 4.16. The summed E-state index contributed by atoms with van der Waals surface area (Å²) < 4.78 is 34.9. The summed E-state index contributed by atoms with van der Waals surface area (Å²) in [5.74, 6) is -0.507. The maximum absolute atomic E-state index is 12.3. The van der Waals surface area contributed by atoms with Crippen LogP contribution >= 0.6 is 11.3 Å². The maximum Gasteiger partial charge on any atom is 0.387 e. The number of hydrogen-bond donors (Lipinski definition) is 1. The highest BCUT2D eigenvalue weighted by molar-refractivity contribution is 7.22. The summed E-state index contributed by atoms with van der Waals surface area (Å²) in [6.45, 7) is -2.97. The number of rotatable bonds is 5. The minimum absolute atomic E-state index is 0.0484. The number of nitrogens with one attached hydrogen (secondary N) is 1. The van der Waals surface area contributed by atoms with Gasteiger partial charge in [0.15, 0.2) is 16.6 Å². The molecule has 3 aromatic rings. The van der Waals surface area contributed by atoms with Crippen molar-refractivity contribution in [2.75, 3.05) is 12.4 Å². The molecule has 2 aromatic carbocycles. The standard InChI is InChI=1S/C16H12F2N2O3S/c1-22-12-8-9(6-7-11(12)23-15(17)18)14(21)20-16-19-10-4-2-3-5-13(10)24-16/h2-8,15H,1H3,(H,19,20,21). The van der Waals surface area contributed by atoms with E-state index >= 15 is 0 Å². The first-order valence-electron chi connectivity index (χ1n) is 6.86. The number of nitrogens with zero attached hydrogens (tertiary/aromatic N) is 1. The third kappa shape index (κ3) is 3.43. The van der Waals surface area contributed by atoms with Crippen LogP contribution in [-0.4, -0.2) is 24.6 Å². The first-order valence-corrected chi connectivity index (χ1v) is 7.68. The van der Waals surface area contributed by atoms with E-state index in [0.29, 0.717) is 5.13 Å². The number of carbonyl (C=O) groups excluding carboxylic acids is 1. The zero-order valence-electron chi connectivity index (χ0n) is 12.5. The van der Waals surface area contributed by atoms with Crippen molar-refractivity contribution in [2.45, 2.75) is 6.61 Å². The molecule has 0 saturated carbocycles. The van der Waals surface area contributed by atoms with Gasteiger partial charge in [0.25, 0.3) is 5.91 Å². The number of benzene rings is 2. The molecule has 1 heterocycles. The van der Waals surface area contributed by atoms with Crippen molar-refractivity contribution in [3.05, 3.63) is 48.0 Å². The van der Waals surface area contributed by atoms with Crippen LogP contribution in [0.3, 0.4) is 0 Å². The number of anilines is 1. The Kier molecular flexibility index (Phi) is 4.57. The van der Waals surface area contributed by atoms with E-state index in [0.717, 1.165) is 10.2 Å². The van der Waals surface area contributed by atoms with Crippen LogP contribution in [0, 0.1) is 0 Å². The molecule has 124 valence electrons. The van der Waals surface area contributed by atoms with Gasteiger partial charge in [-0.2, -0.15) is 8.78 Å². The zero-order chi connectivity index (χ0) is 17.1. The predicted molar refractivity (Wildman–Crippen MR) is 87.2 cm³/mol. The molecular formula is C16H12F2N2O3S. The molecule has 0 saturated heterocycles. The number of amides is 1. The fourth-order valence-electron chi connectivity index (χ4n) is 2.10. The largest absolute Gasteiger partial charge is 0.493 e. The molecular weight excluding hydrogens is 338 g/mol. The van der Waals surface area contributed by atoms with Crippen molar-refractivity contribution >= 4 is 32.6 Å². The summed E-state index contributed by atoms with van der Waals surface area (Å²) in [5.41, 5.74) is 1.03. The van der Waals surface area contributed by atoms with Crippen molar-refractivity contribution in [3.8, 4) is 11.5 Å². The normalized spacial score (nSPS) is 10.8. The number of thiazole rings is 1. The number of hydrogen-bond acceptors (Lipinski definition) is 5. The highest BCUT2D eigenvalue weighted by atomic mass is 32.1. The average Bonchev–Trinajstić information content (AvgIpc) is 2.96. The molecule has 1 aromatic heterocycles. The van der Waals surface area contributed by atoms with Crippen molar-refractivity contribution < 1.29 is 23.0 Å². The van der Waals surface area contributed by atoms with Crippen LogP contribution < -0.4 is 14.8 Å². The van der Waals surface area contributed by atoms with Crippen LogP contribution in [0.1, 0.15) is 10.4 Å². The summed E-state index contributed by atoms with van der Waals surface area (Å²) in [4.78, 5) is 16.6. The smallest absolute Gasteiger partial charge is 0.387 e. The Bertz CT molecular complexity index is 850. The highest BCUT2D eigenvalue weighted by Crippen LogP contribution is 2.30. The van der Waals surface area contributed by atoms with Gasteiger partial charge in [-0.25, -0.2) is 4.98 Å². The van der Waals surface area contributed by atoms with Crippen LogP contribution in [-0.2, 0) is 0 Å². The number of alkyl halides is 2. The molecule has 0 atom stereocenters. The number of ether oxygens (including phenoxy) is 2. The maximum atomic E-state index is 12.3. The lowest BCUT2D eigenvalue weighted by Gasteiger charge is -2.11. The van der Waals surface area contributed by atoms with Gasteiger partial charge in [0.05, 0.1) is 17.3 Å². The third-order valence-electron chi connectivity index (χ3n) is 3.16. The van der Waals surface area contributed by atoms with Crippen LogP contribution in [0.5, 0.6) is 11.5 Å². The van der Waals surface area contributed by atoms with Crippen LogP contribution in [0.25, 0.3) is 10.2 Å². The Morgan fingerprint density at radius 1 is 1.21 bits per heavy atom. The highest BCUT2D eigenvalue weighted by Gasteiger charge is 2.15. The Morgan fingerprint density at radius 3 is 2.71 bits per heavy atom. The lowest BCUT2D eigenvalue weighted by molar-refractivity contribution is -0.0512. The molecule has 0 fully saturated rings. The van der Waals surface area contributed by atoms with E-state index in [2.05, 4.69) is 15.0 Å². The van der Waals surface area contributed by atoms with E-state index in [1.165, 1.54) is 36.6 Å². The Morgan fingerprint density at radius 2 is 2.00 bits per heavy atom. The van der Waals surface area contributed by atoms with Gasteiger partial charge in [-0.05, 0) is 30.3 Å². The zero-order valence-corrected chi connectivity index (χ0v) is 13.3. The van der Waals surface area contributed by atoms with Crippen molar-refractivity contribution in [1.29, 1.82) is 0 Å². The Hall–Kier alpha value is -2.74. The molecule has 5 nitrogen and oxygen atoms in total. The van der Waals surface area contributed by atoms with Gasteiger partial charge in [-0.15, -0.1) is 0 Å². The molecule has 1 N–H and O–H groups in total. The number of methoxy groups -OCH3 is 1. The molecule has 3 rings (SSSR count). The van der Waals surface area contributed by atoms with E-state index in [1.54, 1.807) is 0 Å². The van der Waals surface area contributed by atoms with Crippen molar-refractivity contribution in [3.63, 3.8) is 0 Å². The molecule has 0 bridgehead atoms. The number of aromatic nitrogens is 1. The average molecular weight is 350 g/mol. The summed E-state index contributed by atoms with van der Waals surface area (Å²) in [5, 5.41) is 3.14. The molecule has 8 heteroatoms. The van der Waals surface area contributed by atoms with E-state index in [1.807, 2.05) is 24.3 Å². The van der Waals surface area contributed by atoms with Gasteiger partial charge in [-0.3, -0.25) is 10.1 Å². The van der Waals surface area contributed by atoms with Gasteiger partial charge < -0.3 is 9.47 Å². The molecule has 0 spiro atoms. The second kappa shape index (κ2) is 6.79. The molecule has 0 aliphatic carbocycles. The summed E-state index contributed by atoms with van der Waals surface area (Å²) in [6, 6.07) is 11.5. The summed E-state index contributed by atoms with van der Waals surface area (Å²) in [6.07, 6.45) is 0. The van der Waals surface area contributed by atoms with Gasteiger partial charge in [-0.1, -0.05) is 23.5 Å². The summed E-state index contributed by atoms with van der Waals surface area (Å²) >= 11 is 1.34. The minimum Gasteiger partial charge on any atom is -0.493 e. The van der Waals surface area contributed by atoms with E-state index in [4.69, 9.17) is 4.74 Å². The van der Waals surface area contributed by atoms with Crippen LogP contribution in [0.4, 0.5) is 13.9 Å². The van der Waals surface area contributed by atoms with Crippen molar-refractivity contribution in [2.24, 2.45) is 0 Å². The second-order valence-corrected chi connectivity index (χ2v) is 5.72. The topological polar surface area (TPSA) is 60.5 Å². The first kappa shape index (κ1) is 16.1. The number of halogens is 2. The Balaban J connectivity index is 1.81. The summed E-state index contributed by atoms with van der Waals surface area (Å²) in [7, 11) is 1.31. The lowest BCUT2D eigenvalue weighted by Crippen LogP contribution is -2.12. The third-order valence-corrected chi connectivity index (χ3v) is 4.11. The fourth-order valence-corrected chi connectivity index (χ4v) is 2.96. The molecule has 0 radical (unpaired) electrons. The van der Waals surface area contributed by atoms with E-state index in [9.17, 15) is 13.6 Å². The first-order chi connectivity index (χ1) is 11.6. The molecule has 0 aliphatic heterocycles. The molecule has 0 aliphatic rings. The minimum atomic E-state index is -2.97. The van der Waals surface area contributed by atoms with Crippen LogP contribution in [0.2, 0.25) is 0 Å². The fraction of sp³-hybridized carbons (Fsp3) is 0.125. The quantitative estimate of drug-likeness (QED) is 0.751. The van der Waals surface area contributed by atoms with Gasteiger partial charge in [0, 0.05) is 5.56 Å². The number of para-hydroxylation sites is 1. The molecule has 1 amide bonds.